The molecule has 0 radical (unpaired) electrons. The molecule has 4 aromatic rings. The second-order valence-electron chi connectivity index (χ2n) is 9.48. The van der Waals surface area contributed by atoms with Crippen LogP contribution in [0, 0.1) is 11.8 Å². The Bertz CT molecular complexity index is 1440. The summed E-state index contributed by atoms with van der Waals surface area (Å²) in [5.74, 6) is -4.51. The molecule has 0 fully saturated rings. The van der Waals surface area contributed by atoms with Gasteiger partial charge in [0.25, 0.3) is 0 Å². The van der Waals surface area contributed by atoms with E-state index in [-0.39, 0.29) is 34.5 Å². The Morgan fingerprint density at radius 3 is 1.18 bits per heavy atom. The number of hydrogen-bond donors (Lipinski definition) is 4. The first-order valence-corrected chi connectivity index (χ1v) is 12.0. The molecule has 2 aliphatic heterocycles. The summed E-state index contributed by atoms with van der Waals surface area (Å²) in [5, 5.41) is 39.9. The molecule has 0 bridgehead atoms. The van der Waals surface area contributed by atoms with Gasteiger partial charge >= 0.3 is 11.9 Å². The van der Waals surface area contributed by atoms with Crippen molar-refractivity contribution in [2.24, 2.45) is 11.8 Å². The van der Waals surface area contributed by atoms with Crippen molar-refractivity contribution in [3.05, 3.63) is 107 Å². The number of rotatable bonds is 3. The van der Waals surface area contributed by atoms with Gasteiger partial charge in [-0.25, -0.2) is 0 Å². The molecule has 8 nitrogen and oxygen atoms in total. The van der Waals surface area contributed by atoms with Gasteiger partial charge in [-0.15, -0.1) is 0 Å². The van der Waals surface area contributed by atoms with Gasteiger partial charge in [-0.2, -0.15) is 0 Å². The molecule has 2 heterocycles. The number of carbonyl (C=O) groups excluding carboxylic acids is 2. The fraction of sp³-hybridized carbons (Fsp3) is 0.133. The Morgan fingerprint density at radius 1 is 0.474 bits per heavy atom. The Hall–Kier alpha value is -4.98. The maximum Gasteiger partial charge on any atom is 0.316 e. The highest BCUT2D eigenvalue weighted by molar-refractivity contribution is 5.90. The highest BCUT2D eigenvalue weighted by atomic mass is 16.5. The van der Waals surface area contributed by atoms with Crippen LogP contribution in [0.25, 0.3) is 0 Å². The standard InChI is InChI=1S/C30H22O8/c31-17-5-1-15(2-6-17)25-21-11-9-19(33)13-23(21)37-29(35)27(25)28-26(16-3-7-18(32)8-4-16)22-12-10-20(34)14-24(22)38-30(28)36/h1-14,25-28,31-34H/t25-,26-,27-,28+/m1/s1. The zero-order chi connectivity index (χ0) is 26.6. The van der Waals surface area contributed by atoms with E-state index in [2.05, 4.69) is 0 Å². The van der Waals surface area contributed by atoms with E-state index in [1.54, 1.807) is 36.4 Å². The lowest BCUT2D eigenvalue weighted by molar-refractivity contribution is -0.154. The van der Waals surface area contributed by atoms with Gasteiger partial charge in [0.2, 0.25) is 0 Å². The third kappa shape index (κ3) is 3.87. The number of carbonyl (C=O) groups is 2. The molecule has 8 heteroatoms. The second kappa shape index (κ2) is 8.85. The molecule has 0 spiro atoms. The maximum absolute atomic E-state index is 13.7. The quantitative estimate of drug-likeness (QED) is 0.233. The number of aromatic hydroxyl groups is 4. The van der Waals surface area contributed by atoms with E-state index in [1.165, 1.54) is 48.5 Å². The van der Waals surface area contributed by atoms with Crippen LogP contribution in [0.4, 0.5) is 0 Å². The van der Waals surface area contributed by atoms with E-state index in [4.69, 9.17) is 9.47 Å². The molecule has 0 saturated heterocycles. The minimum Gasteiger partial charge on any atom is -0.508 e. The Morgan fingerprint density at radius 2 is 0.816 bits per heavy atom. The molecule has 2 aliphatic rings. The molecule has 0 aromatic heterocycles. The summed E-state index contributed by atoms with van der Waals surface area (Å²) in [6, 6.07) is 21.7. The minimum atomic E-state index is -1.05. The summed E-state index contributed by atoms with van der Waals surface area (Å²) in [6.07, 6.45) is 0. The van der Waals surface area contributed by atoms with E-state index in [0.29, 0.717) is 22.3 Å². The smallest absolute Gasteiger partial charge is 0.316 e. The first-order chi connectivity index (χ1) is 18.3. The van der Waals surface area contributed by atoms with Crippen LogP contribution >= 0.6 is 0 Å². The van der Waals surface area contributed by atoms with Crippen molar-refractivity contribution in [2.75, 3.05) is 0 Å². The van der Waals surface area contributed by atoms with E-state index < -0.39 is 35.6 Å². The highest BCUT2D eigenvalue weighted by Crippen LogP contribution is 2.53. The van der Waals surface area contributed by atoms with Gasteiger partial charge in [0.1, 0.15) is 34.5 Å². The van der Waals surface area contributed by atoms with Gasteiger partial charge in [0.15, 0.2) is 0 Å². The third-order valence-electron chi connectivity index (χ3n) is 7.24. The topological polar surface area (TPSA) is 134 Å². The number of hydrogen-bond acceptors (Lipinski definition) is 8. The van der Waals surface area contributed by atoms with Crippen molar-refractivity contribution in [1.82, 2.24) is 0 Å². The lowest BCUT2D eigenvalue weighted by atomic mass is 9.65. The summed E-state index contributed by atoms with van der Waals surface area (Å²) in [4.78, 5) is 27.4. The number of ether oxygens (including phenoxy) is 2. The Kier molecular flexibility index (Phi) is 5.45. The largest absolute Gasteiger partial charge is 0.508 e. The number of benzene rings is 4. The molecule has 0 unspecified atom stereocenters. The number of esters is 2. The van der Waals surface area contributed by atoms with E-state index in [1.807, 2.05) is 0 Å². The average Bonchev–Trinajstić information content (AvgIpc) is 2.88. The predicted molar refractivity (Wildman–Crippen MR) is 134 cm³/mol. The van der Waals surface area contributed by atoms with Crippen LogP contribution in [0.5, 0.6) is 34.5 Å². The van der Waals surface area contributed by atoms with Crippen LogP contribution in [0.15, 0.2) is 84.9 Å². The van der Waals surface area contributed by atoms with Crippen LogP contribution in [0.3, 0.4) is 0 Å². The van der Waals surface area contributed by atoms with Gasteiger partial charge in [-0.3, -0.25) is 9.59 Å². The molecule has 0 aliphatic carbocycles. The highest BCUT2D eigenvalue weighted by Gasteiger charge is 2.52. The van der Waals surface area contributed by atoms with Crippen molar-refractivity contribution in [3.63, 3.8) is 0 Å². The van der Waals surface area contributed by atoms with Crippen LogP contribution in [0.2, 0.25) is 0 Å². The predicted octanol–water partition coefficient (Wildman–Crippen LogP) is 4.54. The third-order valence-corrected chi connectivity index (χ3v) is 7.24. The van der Waals surface area contributed by atoms with Gasteiger partial charge in [-0.1, -0.05) is 36.4 Å². The van der Waals surface area contributed by atoms with Crippen LogP contribution in [-0.2, 0) is 9.59 Å². The molecular weight excluding hydrogens is 488 g/mol. The van der Waals surface area contributed by atoms with Crippen LogP contribution in [0.1, 0.15) is 34.1 Å². The number of phenolic OH excluding ortho intramolecular Hbond substituents is 4. The van der Waals surface area contributed by atoms with Crippen molar-refractivity contribution in [1.29, 1.82) is 0 Å². The Labute approximate surface area is 217 Å². The molecular formula is C30H22O8. The van der Waals surface area contributed by atoms with Gasteiger partial charge in [-0.05, 0) is 47.5 Å². The first kappa shape index (κ1) is 23.4. The second-order valence-corrected chi connectivity index (χ2v) is 9.48. The molecule has 190 valence electrons. The molecule has 6 rings (SSSR count). The van der Waals surface area contributed by atoms with E-state index in [0.717, 1.165) is 0 Å². The van der Waals surface area contributed by atoms with Crippen molar-refractivity contribution in [3.8, 4) is 34.5 Å². The van der Waals surface area contributed by atoms with Gasteiger partial charge in [0, 0.05) is 35.1 Å². The molecule has 4 aromatic carbocycles. The minimum absolute atomic E-state index is 0.0439. The summed E-state index contributed by atoms with van der Waals surface area (Å²) in [6.45, 7) is 0. The van der Waals surface area contributed by atoms with E-state index >= 15 is 0 Å². The van der Waals surface area contributed by atoms with Gasteiger partial charge < -0.3 is 29.9 Å². The molecule has 4 atom stereocenters. The summed E-state index contributed by atoms with van der Waals surface area (Å²) in [5.41, 5.74) is 2.49. The normalized spacial score (nSPS) is 22.1. The fourth-order valence-corrected chi connectivity index (χ4v) is 5.59. The lowest BCUT2D eigenvalue weighted by Gasteiger charge is -2.41. The van der Waals surface area contributed by atoms with Crippen LogP contribution in [-0.4, -0.2) is 32.4 Å². The summed E-state index contributed by atoms with van der Waals surface area (Å²) >= 11 is 0. The zero-order valence-electron chi connectivity index (χ0n) is 19.8. The number of fused-ring (bicyclic) bond motifs is 2. The van der Waals surface area contributed by atoms with Crippen LogP contribution < -0.4 is 9.47 Å². The summed E-state index contributed by atoms with van der Waals surface area (Å²) in [7, 11) is 0. The average molecular weight is 510 g/mol. The fourth-order valence-electron chi connectivity index (χ4n) is 5.59. The molecule has 38 heavy (non-hydrogen) atoms. The van der Waals surface area contributed by atoms with Crippen molar-refractivity contribution >= 4 is 11.9 Å². The van der Waals surface area contributed by atoms with Crippen molar-refractivity contribution < 1.29 is 39.5 Å². The lowest BCUT2D eigenvalue weighted by Crippen LogP contribution is -2.46. The molecule has 4 N–H and O–H groups in total. The SMILES string of the molecule is O=C1Oc2cc(O)ccc2[C@@H](c2ccc(O)cc2)[C@@H]1[C@H]1C(=O)Oc2cc(O)ccc2[C@H]1c1ccc(O)cc1. The molecule has 0 amide bonds. The first-order valence-electron chi connectivity index (χ1n) is 12.0. The molecule has 0 saturated carbocycles. The Balaban J connectivity index is 1.58. The van der Waals surface area contributed by atoms with Crippen molar-refractivity contribution in [2.45, 2.75) is 11.8 Å². The maximum atomic E-state index is 13.7. The van der Waals surface area contributed by atoms with Gasteiger partial charge in [0.05, 0.1) is 11.8 Å². The monoisotopic (exact) mass is 510 g/mol. The number of phenols is 4. The zero-order valence-corrected chi connectivity index (χ0v) is 19.8. The summed E-state index contributed by atoms with van der Waals surface area (Å²) < 4.78 is 11.4. The van der Waals surface area contributed by atoms with E-state index in [9.17, 15) is 30.0 Å².